The lowest BCUT2D eigenvalue weighted by atomic mass is 10.0. The lowest BCUT2D eigenvalue weighted by Gasteiger charge is -2.18. The SMILES string of the molecule is CNC(Cc1nc(C(C)(C)OC)no1)C(C)C. The van der Waals surface area contributed by atoms with E-state index in [2.05, 4.69) is 29.3 Å². The zero-order valence-electron chi connectivity index (χ0n) is 11.6. The van der Waals surface area contributed by atoms with Crippen molar-refractivity contribution in [2.75, 3.05) is 14.2 Å². The summed E-state index contributed by atoms with van der Waals surface area (Å²) in [5, 5.41) is 7.22. The largest absolute Gasteiger partial charge is 0.371 e. The highest BCUT2D eigenvalue weighted by Crippen LogP contribution is 2.21. The van der Waals surface area contributed by atoms with Crippen molar-refractivity contribution in [1.29, 1.82) is 0 Å². The van der Waals surface area contributed by atoms with Gasteiger partial charge in [0.25, 0.3) is 0 Å². The smallest absolute Gasteiger partial charge is 0.228 e. The minimum absolute atomic E-state index is 0.342. The van der Waals surface area contributed by atoms with E-state index >= 15 is 0 Å². The second kappa shape index (κ2) is 5.60. The van der Waals surface area contributed by atoms with E-state index in [-0.39, 0.29) is 0 Å². The third kappa shape index (κ3) is 3.51. The van der Waals surface area contributed by atoms with Crippen LogP contribution in [0.1, 0.15) is 39.4 Å². The van der Waals surface area contributed by atoms with Gasteiger partial charge in [-0.15, -0.1) is 0 Å². The summed E-state index contributed by atoms with van der Waals surface area (Å²) >= 11 is 0. The quantitative estimate of drug-likeness (QED) is 0.822. The Morgan fingerprint density at radius 2 is 2.06 bits per heavy atom. The molecule has 0 aliphatic carbocycles. The Balaban J connectivity index is 2.75. The van der Waals surface area contributed by atoms with Crippen molar-refractivity contribution in [3.8, 4) is 0 Å². The fourth-order valence-corrected chi connectivity index (χ4v) is 1.53. The van der Waals surface area contributed by atoms with Crippen molar-refractivity contribution in [1.82, 2.24) is 15.5 Å². The predicted octanol–water partition coefficient (Wildman–Crippen LogP) is 1.74. The van der Waals surface area contributed by atoms with Crippen LogP contribution in [-0.2, 0) is 16.8 Å². The molecule has 0 bridgehead atoms. The summed E-state index contributed by atoms with van der Waals surface area (Å²) in [6.45, 7) is 8.16. The molecule has 1 unspecified atom stereocenters. The molecule has 0 aliphatic heterocycles. The molecule has 98 valence electrons. The molecule has 1 rings (SSSR count). The van der Waals surface area contributed by atoms with Gasteiger partial charge < -0.3 is 14.6 Å². The Morgan fingerprint density at radius 3 is 2.53 bits per heavy atom. The van der Waals surface area contributed by atoms with E-state index < -0.39 is 5.60 Å². The normalized spacial score (nSPS) is 14.3. The number of methoxy groups -OCH3 is 1. The lowest BCUT2D eigenvalue weighted by molar-refractivity contribution is 0.00973. The van der Waals surface area contributed by atoms with Crippen LogP contribution in [0.2, 0.25) is 0 Å². The van der Waals surface area contributed by atoms with Crippen molar-refractivity contribution in [2.24, 2.45) is 5.92 Å². The maximum Gasteiger partial charge on any atom is 0.228 e. The van der Waals surface area contributed by atoms with Crippen molar-refractivity contribution in [2.45, 2.75) is 45.8 Å². The van der Waals surface area contributed by atoms with E-state index in [9.17, 15) is 0 Å². The number of likely N-dealkylation sites (N-methyl/N-ethyl adjacent to an activating group) is 1. The molecule has 0 amide bonds. The fourth-order valence-electron chi connectivity index (χ4n) is 1.53. The molecule has 1 atom stereocenters. The molecule has 17 heavy (non-hydrogen) atoms. The standard InChI is InChI=1S/C12H23N3O2/c1-8(2)9(13-5)7-10-14-11(15-17-10)12(3,4)16-6/h8-9,13H,7H2,1-6H3. The zero-order chi connectivity index (χ0) is 13.1. The topological polar surface area (TPSA) is 60.2 Å². The summed E-state index contributed by atoms with van der Waals surface area (Å²) in [5.41, 5.74) is -0.505. The molecule has 1 N–H and O–H groups in total. The average Bonchev–Trinajstić information content (AvgIpc) is 2.74. The van der Waals surface area contributed by atoms with Crippen molar-refractivity contribution in [3.63, 3.8) is 0 Å². The molecule has 5 heteroatoms. The van der Waals surface area contributed by atoms with Gasteiger partial charge >= 0.3 is 0 Å². The van der Waals surface area contributed by atoms with Gasteiger partial charge in [0.1, 0.15) is 5.60 Å². The Labute approximate surface area is 103 Å². The number of hydrogen-bond acceptors (Lipinski definition) is 5. The Bertz CT molecular complexity index is 347. The van der Waals surface area contributed by atoms with Gasteiger partial charge in [-0.25, -0.2) is 0 Å². The molecular weight excluding hydrogens is 218 g/mol. The molecule has 0 aliphatic rings. The summed E-state index contributed by atoms with van der Waals surface area (Å²) in [6.07, 6.45) is 0.737. The predicted molar refractivity (Wildman–Crippen MR) is 65.7 cm³/mol. The maximum absolute atomic E-state index is 5.32. The molecule has 1 aromatic heterocycles. The van der Waals surface area contributed by atoms with Crippen molar-refractivity contribution in [3.05, 3.63) is 11.7 Å². The first-order valence-corrected chi connectivity index (χ1v) is 5.96. The van der Waals surface area contributed by atoms with E-state index in [1.807, 2.05) is 20.9 Å². The van der Waals surface area contributed by atoms with E-state index in [1.165, 1.54) is 0 Å². The van der Waals surface area contributed by atoms with E-state index in [0.717, 1.165) is 6.42 Å². The first-order valence-electron chi connectivity index (χ1n) is 5.96. The van der Waals surface area contributed by atoms with Crippen LogP contribution in [0.4, 0.5) is 0 Å². The number of aromatic nitrogens is 2. The highest BCUT2D eigenvalue weighted by atomic mass is 16.5. The molecule has 1 heterocycles. The van der Waals surface area contributed by atoms with Gasteiger partial charge in [-0.1, -0.05) is 19.0 Å². The van der Waals surface area contributed by atoms with Gasteiger partial charge in [0.05, 0.1) is 0 Å². The molecule has 5 nitrogen and oxygen atoms in total. The van der Waals surface area contributed by atoms with E-state index in [1.54, 1.807) is 7.11 Å². The Hall–Kier alpha value is -0.940. The zero-order valence-corrected chi connectivity index (χ0v) is 11.6. The summed E-state index contributed by atoms with van der Waals surface area (Å²) < 4.78 is 10.6. The minimum Gasteiger partial charge on any atom is -0.371 e. The van der Waals surface area contributed by atoms with Gasteiger partial charge in [-0.2, -0.15) is 4.98 Å². The number of ether oxygens (including phenoxy) is 1. The van der Waals surface area contributed by atoms with Crippen LogP contribution in [0.25, 0.3) is 0 Å². The van der Waals surface area contributed by atoms with Crippen LogP contribution in [0.5, 0.6) is 0 Å². The third-order valence-corrected chi connectivity index (χ3v) is 3.09. The number of nitrogens with one attached hydrogen (secondary N) is 1. The summed E-state index contributed by atoms with van der Waals surface area (Å²) in [5.74, 6) is 1.76. The first kappa shape index (κ1) is 14.1. The van der Waals surface area contributed by atoms with Crippen molar-refractivity contribution >= 4 is 0 Å². The van der Waals surface area contributed by atoms with Crippen LogP contribution < -0.4 is 5.32 Å². The molecule has 0 fully saturated rings. The van der Waals surface area contributed by atoms with Gasteiger partial charge in [0, 0.05) is 19.6 Å². The number of hydrogen-bond donors (Lipinski definition) is 1. The number of nitrogens with zero attached hydrogens (tertiary/aromatic N) is 2. The van der Waals surface area contributed by atoms with Gasteiger partial charge in [0.2, 0.25) is 11.7 Å². The average molecular weight is 241 g/mol. The number of rotatable bonds is 6. The Morgan fingerprint density at radius 1 is 1.41 bits per heavy atom. The van der Waals surface area contributed by atoms with E-state index in [0.29, 0.717) is 23.7 Å². The van der Waals surface area contributed by atoms with Crippen molar-refractivity contribution < 1.29 is 9.26 Å². The fraction of sp³-hybridized carbons (Fsp3) is 0.833. The lowest BCUT2D eigenvalue weighted by Crippen LogP contribution is -2.32. The van der Waals surface area contributed by atoms with Crippen LogP contribution in [0.3, 0.4) is 0 Å². The molecule has 0 saturated heterocycles. The summed E-state index contributed by atoms with van der Waals surface area (Å²) in [7, 11) is 3.58. The van der Waals surface area contributed by atoms with E-state index in [4.69, 9.17) is 9.26 Å². The minimum atomic E-state index is -0.505. The molecule has 0 saturated carbocycles. The van der Waals surface area contributed by atoms with Crippen LogP contribution in [0.15, 0.2) is 4.52 Å². The molecular formula is C12H23N3O2. The van der Waals surface area contributed by atoms with Gasteiger partial charge in [0.15, 0.2) is 0 Å². The summed E-state index contributed by atoms with van der Waals surface area (Å²) in [6, 6.07) is 0.342. The highest BCUT2D eigenvalue weighted by Gasteiger charge is 2.27. The monoisotopic (exact) mass is 241 g/mol. The highest BCUT2D eigenvalue weighted by molar-refractivity contribution is 4.98. The van der Waals surface area contributed by atoms with Gasteiger partial charge in [-0.3, -0.25) is 0 Å². The van der Waals surface area contributed by atoms with Crippen LogP contribution in [-0.4, -0.2) is 30.3 Å². The van der Waals surface area contributed by atoms with Gasteiger partial charge in [-0.05, 0) is 26.8 Å². The first-order chi connectivity index (χ1) is 7.90. The Kier molecular flexibility index (Phi) is 4.65. The second-order valence-corrected chi connectivity index (χ2v) is 5.07. The second-order valence-electron chi connectivity index (χ2n) is 5.07. The third-order valence-electron chi connectivity index (χ3n) is 3.09. The maximum atomic E-state index is 5.32. The summed E-state index contributed by atoms with van der Waals surface area (Å²) in [4.78, 5) is 4.38. The molecule has 1 aromatic rings. The molecule has 0 radical (unpaired) electrons. The van der Waals surface area contributed by atoms with Crippen LogP contribution >= 0.6 is 0 Å². The van der Waals surface area contributed by atoms with Crippen LogP contribution in [0, 0.1) is 5.92 Å². The molecule has 0 spiro atoms. The molecule has 0 aromatic carbocycles.